The molecule has 4 fully saturated rings. The maximum atomic E-state index is 12.2. The Bertz CT molecular complexity index is 738. The predicted octanol–water partition coefficient (Wildman–Crippen LogP) is 5.13. The Morgan fingerprint density at radius 2 is 1.71 bits per heavy atom. The Hall–Kier alpha value is -0.830. The molecule has 0 aromatic rings. The summed E-state index contributed by atoms with van der Waals surface area (Å²) in [6, 6.07) is 0. The van der Waals surface area contributed by atoms with Crippen molar-refractivity contribution in [1.29, 1.82) is 0 Å². The van der Waals surface area contributed by atoms with E-state index in [0.717, 1.165) is 24.3 Å². The number of hydrogen-bond acceptors (Lipinski definition) is 3. The first-order chi connectivity index (χ1) is 13.0. The van der Waals surface area contributed by atoms with Gasteiger partial charge in [-0.25, -0.2) is 4.79 Å². The molecule has 0 aromatic carbocycles. The van der Waals surface area contributed by atoms with E-state index in [2.05, 4.69) is 40.7 Å². The first kappa shape index (κ1) is 19.2. The van der Waals surface area contributed by atoms with Crippen LogP contribution in [0.4, 0.5) is 0 Å². The van der Waals surface area contributed by atoms with Crippen molar-refractivity contribution in [3.05, 3.63) is 11.6 Å². The number of rotatable bonds is 0. The fourth-order valence-corrected chi connectivity index (χ4v) is 9.52. The van der Waals surface area contributed by atoms with Crippen molar-refractivity contribution in [3.8, 4) is 0 Å². The highest BCUT2D eigenvalue weighted by Gasteiger charge is 2.68. The molecule has 5 rings (SSSR count). The highest BCUT2D eigenvalue weighted by atomic mass is 16.5. The third-order valence-electron chi connectivity index (χ3n) is 10.9. The Morgan fingerprint density at radius 3 is 2.46 bits per heavy atom. The number of fused-ring (bicyclic) bond motifs is 7. The fourth-order valence-electron chi connectivity index (χ4n) is 9.52. The Kier molecular flexibility index (Phi) is 3.86. The number of hydrogen-bond donors (Lipinski definition) is 1. The van der Waals surface area contributed by atoms with Crippen LogP contribution in [0.2, 0.25) is 0 Å². The third-order valence-corrected chi connectivity index (χ3v) is 10.9. The molecular weight excluding hydrogens is 348 g/mol. The average molecular weight is 387 g/mol. The van der Waals surface area contributed by atoms with Crippen LogP contribution in [0, 0.1) is 45.3 Å². The predicted molar refractivity (Wildman–Crippen MR) is 109 cm³/mol. The monoisotopic (exact) mass is 386 g/mol. The molecule has 4 aliphatic carbocycles. The van der Waals surface area contributed by atoms with Gasteiger partial charge in [0.05, 0.1) is 12.7 Å². The van der Waals surface area contributed by atoms with Crippen molar-refractivity contribution in [2.75, 3.05) is 6.61 Å². The van der Waals surface area contributed by atoms with Crippen LogP contribution in [0.1, 0.15) is 79.6 Å². The van der Waals surface area contributed by atoms with Gasteiger partial charge in [-0.2, -0.15) is 0 Å². The smallest absolute Gasteiger partial charge is 0.334 e. The molecule has 0 aromatic heterocycles. The second-order valence-electron chi connectivity index (χ2n) is 12.2. The second-order valence-corrected chi connectivity index (χ2v) is 12.2. The lowest BCUT2D eigenvalue weighted by molar-refractivity contribution is -0.233. The van der Waals surface area contributed by atoms with E-state index in [9.17, 15) is 9.90 Å². The zero-order chi connectivity index (χ0) is 20.1. The molecule has 1 aliphatic heterocycles. The number of cyclic esters (lactones) is 1. The van der Waals surface area contributed by atoms with Gasteiger partial charge in [-0.05, 0) is 72.5 Å². The lowest BCUT2D eigenvalue weighted by atomic mass is 9.35. The Balaban J connectivity index is 1.59. The van der Waals surface area contributed by atoms with Crippen molar-refractivity contribution >= 4 is 5.97 Å². The molecule has 0 spiro atoms. The molecule has 28 heavy (non-hydrogen) atoms. The first-order valence-corrected chi connectivity index (χ1v) is 11.6. The van der Waals surface area contributed by atoms with Crippen molar-refractivity contribution in [3.63, 3.8) is 0 Å². The van der Waals surface area contributed by atoms with Crippen molar-refractivity contribution in [2.24, 2.45) is 45.3 Å². The molecule has 8 atom stereocenters. The molecule has 1 saturated heterocycles. The van der Waals surface area contributed by atoms with Gasteiger partial charge in [-0.15, -0.1) is 0 Å². The lowest BCUT2D eigenvalue weighted by Crippen LogP contribution is -2.66. The van der Waals surface area contributed by atoms with Crippen LogP contribution >= 0.6 is 0 Å². The molecule has 5 aliphatic rings. The van der Waals surface area contributed by atoms with Crippen molar-refractivity contribution in [1.82, 2.24) is 0 Å². The third kappa shape index (κ3) is 2.13. The molecule has 0 amide bonds. The molecular formula is C25H38O3. The van der Waals surface area contributed by atoms with Gasteiger partial charge in [0.2, 0.25) is 0 Å². The van der Waals surface area contributed by atoms with Crippen molar-refractivity contribution in [2.45, 2.75) is 85.7 Å². The summed E-state index contributed by atoms with van der Waals surface area (Å²) < 4.78 is 5.45. The standard InChI is InChI=1S/C25H38O3/c1-22(2)10-6-11-23(3)17(22)9-12-24(4)18-8-7-15-16(14-28-21(15)27)25(18,5)20(26)13-19(23)24/h7,16-20,26H,6,8-14H2,1-5H3/t16?,17-,18-,19+,20+,23-,24-,25+/m0/s1. The van der Waals surface area contributed by atoms with Gasteiger partial charge < -0.3 is 9.84 Å². The molecule has 1 unspecified atom stereocenters. The van der Waals surface area contributed by atoms with Crippen LogP contribution in [0.15, 0.2) is 11.6 Å². The van der Waals surface area contributed by atoms with Crippen LogP contribution in [0.3, 0.4) is 0 Å². The van der Waals surface area contributed by atoms with Gasteiger partial charge in [-0.3, -0.25) is 0 Å². The van der Waals surface area contributed by atoms with E-state index in [4.69, 9.17) is 4.74 Å². The molecule has 156 valence electrons. The molecule has 1 heterocycles. The van der Waals surface area contributed by atoms with Gasteiger partial charge in [0.15, 0.2) is 0 Å². The van der Waals surface area contributed by atoms with Gasteiger partial charge in [-0.1, -0.05) is 47.1 Å². The SMILES string of the molecule is CC1(C)CCC[C@]2(C)[C@H]3C[C@@H](O)[C@]4(C)C5COC(=O)C5=CC[C@H]4[C@]3(C)CC[C@@H]12. The molecule has 0 bridgehead atoms. The van der Waals surface area contributed by atoms with Crippen LogP contribution in [-0.4, -0.2) is 23.8 Å². The van der Waals surface area contributed by atoms with E-state index in [1.165, 1.54) is 32.1 Å². The number of aliphatic hydroxyl groups is 1. The number of carbonyl (C=O) groups excluding carboxylic acids is 1. The van der Waals surface area contributed by atoms with Gasteiger partial charge in [0.25, 0.3) is 0 Å². The number of ether oxygens (including phenoxy) is 1. The fraction of sp³-hybridized carbons (Fsp3) is 0.880. The van der Waals surface area contributed by atoms with E-state index in [-0.39, 0.29) is 28.8 Å². The maximum absolute atomic E-state index is 12.2. The van der Waals surface area contributed by atoms with Crippen LogP contribution < -0.4 is 0 Å². The number of allylic oxidation sites excluding steroid dienone is 1. The molecule has 0 radical (unpaired) electrons. The van der Waals surface area contributed by atoms with E-state index in [1.807, 2.05) is 0 Å². The summed E-state index contributed by atoms with van der Waals surface area (Å²) in [5.74, 6) is 1.68. The van der Waals surface area contributed by atoms with Crippen molar-refractivity contribution < 1.29 is 14.6 Å². The van der Waals surface area contributed by atoms with Crippen LogP contribution in [0.5, 0.6) is 0 Å². The van der Waals surface area contributed by atoms with Crippen LogP contribution in [0.25, 0.3) is 0 Å². The summed E-state index contributed by atoms with van der Waals surface area (Å²) in [6.07, 6.45) is 10.2. The Labute approximate surface area is 170 Å². The average Bonchev–Trinajstić information content (AvgIpc) is 2.99. The number of carbonyl (C=O) groups is 1. The summed E-state index contributed by atoms with van der Waals surface area (Å²) in [6.45, 7) is 12.8. The zero-order valence-corrected chi connectivity index (χ0v) is 18.4. The van der Waals surface area contributed by atoms with Gasteiger partial charge in [0.1, 0.15) is 0 Å². The summed E-state index contributed by atoms with van der Waals surface area (Å²) >= 11 is 0. The quantitative estimate of drug-likeness (QED) is 0.587. The zero-order valence-electron chi connectivity index (χ0n) is 18.4. The van der Waals surface area contributed by atoms with Gasteiger partial charge >= 0.3 is 5.97 Å². The minimum Gasteiger partial charge on any atom is -0.462 e. The summed E-state index contributed by atoms with van der Waals surface area (Å²) in [5, 5.41) is 11.6. The highest BCUT2D eigenvalue weighted by Crippen LogP contribution is 2.73. The van der Waals surface area contributed by atoms with Crippen LogP contribution in [-0.2, 0) is 9.53 Å². The van der Waals surface area contributed by atoms with E-state index in [0.29, 0.717) is 29.3 Å². The second kappa shape index (κ2) is 5.65. The molecule has 1 N–H and O–H groups in total. The maximum Gasteiger partial charge on any atom is 0.334 e. The number of esters is 1. The molecule has 3 heteroatoms. The first-order valence-electron chi connectivity index (χ1n) is 11.6. The topological polar surface area (TPSA) is 46.5 Å². The summed E-state index contributed by atoms with van der Waals surface area (Å²) in [4.78, 5) is 12.2. The minimum atomic E-state index is -0.348. The van der Waals surface area contributed by atoms with E-state index >= 15 is 0 Å². The lowest BCUT2D eigenvalue weighted by Gasteiger charge is -2.70. The minimum absolute atomic E-state index is 0.0693. The molecule has 3 nitrogen and oxygen atoms in total. The normalized spacial score (nSPS) is 54.6. The van der Waals surface area contributed by atoms with E-state index < -0.39 is 0 Å². The summed E-state index contributed by atoms with van der Waals surface area (Å²) in [5.41, 5.74) is 1.57. The highest BCUT2D eigenvalue weighted by molar-refractivity contribution is 5.91. The van der Waals surface area contributed by atoms with Gasteiger partial charge in [0, 0.05) is 16.9 Å². The largest absolute Gasteiger partial charge is 0.462 e. The number of aliphatic hydroxyl groups excluding tert-OH is 1. The summed E-state index contributed by atoms with van der Waals surface area (Å²) in [7, 11) is 0. The van der Waals surface area contributed by atoms with E-state index in [1.54, 1.807) is 0 Å². The molecule has 3 saturated carbocycles. The Morgan fingerprint density at radius 1 is 1.00 bits per heavy atom.